The number of morpholine rings is 1. The Balaban J connectivity index is 3.17. The van der Waals surface area contributed by atoms with Crippen molar-refractivity contribution in [3.8, 4) is 0 Å². The van der Waals surface area contributed by atoms with Crippen LogP contribution in [0.15, 0.2) is 33.7 Å². The molecule has 1 saturated heterocycles. The van der Waals surface area contributed by atoms with E-state index in [1.54, 1.807) is 7.05 Å². The van der Waals surface area contributed by atoms with Gasteiger partial charge < -0.3 is 25.6 Å². The third-order valence-corrected chi connectivity index (χ3v) is 4.44. The van der Waals surface area contributed by atoms with Gasteiger partial charge in [-0.15, -0.1) is 0 Å². The van der Waals surface area contributed by atoms with Gasteiger partial charge >= 0.3 is 0 Å². The van der Waals surface area contributed by atoms with Gasteiger partial charge in [-0.05, 0) is 32.0 Å². The van der Waals surface area contributed by atoms with E-state index in [1.807, 2.05) is 20.2 Å². The summed E-state index contributed by atoms with van der Waals surface area (Å²) in [6.07, 6.45) is 3.40. The molecule has 0 amide bonds. The monoisotopic (exact) mass is 350 g/mol. The molecule has 0 aromatic heterocycles. The highest BCUT2D eigenvalue weighted by molar-refractivity contribution is 5.99. The third kappa shape index (κ3) is 5.86. The zero-order chi connectivity index (χ0) is 18.8. The number of nitrogens with zero attached hydrogens (tertiary/aromatic N) is 4. The number of allylic oxidation sites excluding steroid dienone is 1. The minimum absolute atomic E-state index is 0.352. The van der Waals surface area contributed by atoms with Crippen molar-refractivity contribution < 1.29 is 4.74 Å². The molecule has 0 saturated carbocycles. The van der Waals surface area contributed by atoms with Gasteiger partial charge in [0.15, 0.2) is 5.84 Å². The fraction of sp³-hybridized carbons (Fsp3) is 0.667. The molecule has 1 rings (SSSR count). The molecule has 0 aliphatic carbocycles. The number of hydrogen-bond donors (Lipinski definition) is 2. The molecular weight excluding hydrogens is 316 g/mol. The van der Waals surface area contributed by atoms with Gasteiger partial charge in [-0.25, -0.2) is 0 Å². The van der Waals surface area contributed by atoms with E-state index in [0.29, 0.717) is 25.2 Å². The molecule has 1 heterocycles. The summed E-state index contributed by atoms with van der Waals surface area (Å²) in [7, 11) is 5.80. The Labute approximate surface area is 152 Å². The smallest absolute Gasteiger partial charge is 0.151 e. The standard InChI is InChI=1S/C18H34N6O/c1-14(2)15(20-3)13-23(6)18(22-5)17(21-4)16(7-8-19)24-9-11-25-12-10-24/h7-8,14-15,20H,4,9-13,19H2,1-3,5-6H3/b8-7+,17-16-,22-18?. The van der Waals surface area contributed by atoms with E-state index in [9.17, 15) is 0 Å². The van der Waals surface area contributed by atoms with Crippen LogP contribution in [0.5, 0.6) is 0 Å². The molecule has 0 aromatic rings. The maximum absolute atomic E-state index is 5.69. The van der Waals surface area contributed by atoms with Crippen molar-refractivity contribution in [1.82, 2.24) is 15.1 Å². The minimum Gasteiger partial charge on any atom is -0.405 e. The van der Waals surface area contributed by atoms with Crippen LogP contribution in [0.25, 0.3) is 0 Å². The lowest BCUT2D eigenvalue weighted by molar-refractivity contribution is 0.0550. The molecule has 7 heteroatoms. The molecule has 7 nitrogen and oxygen atoms in total. The van der Waals surface area contributed by atoms with E-state index < -0.39 is 0 Å². The summed E-state index contributed by atoms with van der Waals surface area (Å²) in [4.78, 5) is 13.1. The Morgan fingerprint density at radius 2 is 2.04 bits per heavy atom. The lowest BCUT2D eigenvalue weighted by Crippen LogP contribution is -2.44. The Bertz CT molecular complexity index is 506. The third-order valence-electron chi connectivity index (χ3n) is 4.44. The molecule has 1 aliphatic rings. The first-order chi connectivity index (χ1) is 12.0. The number of amidine groups is 1. The first-order valence-corrected chi connectivity index (χ1v) is 8.77. The summed E-state index contributed by atoms with van der Waals surface area (Å²) >= 11 is 0. The van der Waals surface area contributed by atoms with Crippen molar-refractivity contribution in [1.29, 1.82) is 0 Å². The molecular formula is C18H34N6O. The van der Waals surface area contributed by atoms with Crippen LogP contribution < -0.4 is 11.1 Å². The lowest BCUT2D eigenvalue weighted by atomic mass is 10.0. The van der Waals surface area contributed by atoms with E-state index in [4.69, 9.17) is 10.5 Å². The second-order valence-electron chi connectivity index (χ2n) is 6.42. The number of ether oxygens (including phenoxy) is 1. The average Bonchev–Trinajstić information content (AvgIpc) is 2.62. The summed E-state index contributed by atoms with van der Waals surface area (Å²) in [6, 6.07) is 0.352. The number of aliphatic imine (C=N–C) groups is 2. The number of nitrogens with one attached hydrogen (secondary N) is 1. The zero-order valence-corrected chi connectivity index (χ0v) is 16.3. The number of nitrogens with two attached hydrogens (primary N) is 1. The van der Waals surface area contributed by atoms with Crippen LogP contribution in [-0.2, 0) is 4.74 Å². The molecule has 25 heavy (non-hydrogen) atoms. The molecule has 1 aliphatic heterocycles. The highest BCUT2D eigenvalue weighted by atomic mass is 16.5. The van der Waals surface area contributed by atoms with E-state index in [1.165, 1.54) is 6.20 Å². The van der Waals surface area contributed by atoms with Crippen LogP contribution in [0.1, 0.15) is 13.8 Å². The van der Waals surface area contributed by atoms with Crippen LogP contribution in [0.4, 0.5) is 0 Å². The second kappa shape index (κ2) is 10.9. The molecule has 0 spiro atoms. The highest BCUT2D eigenvalue weighted by Crippen LogP contribution is 2.18. The van der Waals surface area contributed by atoms with Gasteiger partial charge in [-0.3, -0.25) is 9.98 Å². The maximum Gasteiger partial charge on any atom is 0.151 e. The first kappa shape index (κ1) is 21.2. The SMILES string of the molecule is C=N/C(C(=NC)N(C)CC(NC)C(C)C)=C(/C=C/N)N1CCOCC1. The van der Waals surface area contributed by atoms with Gasteiger partial charge in [-0.1, -0.05) is 13.8 Å². The van der Waals surface area contributed by atoms with Gasteiger partial charge in [-0.2, -0.15) is 0 Å². The van der Waals surface area contributed by atoms with Crippen molar-refractivity contribution >= 4 is 12.6 Å². The Hall–Kier alpha value is -1.86. The quantitative estimate of drug-likeness (QED) is 0.386. The largest absolute Gasteiger partial charge is 0.405 e. The fourth-order valence-corrected chi connectivity index (χ4v) is 2.97. The van der Waals surface area contributed by atoms with E-state index in [2.05, 4.69) is 45.7 Å². The molecule has 1 fully saturated rings. The number of hydrogen-bond acceptors (Lipinski definition) is 6. The predicted octanol–water partition coefficient (Wildman–Crippen LogP) is 0.907. The van der Waals surface area contributed by atoms with Gasteiger partial charge in [0.2, 0.25) is 0 Å². The van der Waals surface area contributed by atoms with Crippen LogP contribution >= 0.6 is 0 Å². The van der Waals surface area contributed by atoms with Crippen molar-refractivity contribution in [2.45, 2.75) is 19.9 Å². The van der Waals surface area contributed by atoms with E-state index >= 15 is 0 Å². The molecule has 0 aromatic carbocycles. The normalized spacial score (nSPS) is 18.5. The van der Waals surface area contributed by atoms with Crippen molar-refractivity contribution in [2.75, 3.05) is 54.0 Å². The van der Waals surface area contributed by atoms with E-state index in [0.717, 1.165) is 36.9 Å². The Morgan fingerprint density at radius 3 is 2.48 bits per heavy atom. The molecule has 1 unspecified atom stereocenters. The van der Waals surface area contributed by atoms with E-state index in [-0.39, 0.29) is 0 Å². The maximum atomic E-state index is 5.69. The molecule has 142 valence electrons. The molecule has 0 bridgehead atoms. The first-order valence-electron chi connectivity index (χ1n) is 8.77. The summed E-state index contributed by atoms with van der Waals surface area (Å²) in [5.41, 5.74) is 7.36. The topological polar surface area (TPSA) is 78.5 Å². The van der Waals surface area contributed by atoms with Crippen molar-refractivity contribution in [3.05, 3.63) is 23.7 Å². The van der Waals surface area contributed by atoms with Gasteiger partial charge in [0.1, 0.15) is 5.70 Å². The Morgan fingerprint density at radius 1 is 1.40 bits per heavy atom. The Kier molecular flexibility index (Phi) is 9.23. The average molecular weight is 351 g/mol. The minimum atomic E-state index is 0.352. The van der Waals surface area contributed by atoms with Crippen molar-refractivity contribution in [3.63, 3.8) is 0 Å². The predicted molar refractivity (Wildman–Crippen MR) is 106 cm³/mol. The zero-order valence-electron chi connectivity index (χ0n) is 16.3. The lowest BCUT2D eigenvalue weighted by Gasteiger charge is -2.33. The summed E-state index contributed by atoms with van der Waals surface area (Å²) in [5, 5.41) is 3.37. The van der Waals surface area contributed by atoms with Crippen molar-refractivity contribution in [2.24, 2.45) is 21.6 Å². The summed E-state index contributed by atoms with van der Waals surface area (Å²) in [6.45, 7) is 12.0. The van der Waals surface area contributed by atoms with Crippen LogP contribution in [0.3, 0.4) is 0 Å². The highest BCUT2D eigenvalue weighted by Gasteiger charge is 2.22. The summed E-state index contributed by atoms with van der Waals surface area (Å²) in [5.74, 6) is 1.31. The van der Waals surface area contributed by atoms with Gasteiger partial charge in [0.05, 0.1) is 18.9 Å². The molecule has 3 N–H and O–H groups in total. The summed E-state index contributed by atoms with van der Waals surface area (Å²) < 4.78 is 5.45. The van der Waals surface area contributed by atoms with Gasteiger partial charge in [0, 0.05) is 39.8 Å². The molecule has 0 radical (unpaired) electrons. The molecule has 1 atom stereocenters. The number of rotatable bonds is 8. The van der Waals surface area contributed by atoms with Crippen LogP contribution in [-0.4, -0.2) is 82.4 Å². The van der Waals surface area contributed by atoms with Gasteiger partial charge in [0.25, 0.3) is 0 Å². The number of likely N-dealkylation sites (N-methyl/N-ethyl adjacent to an activating group) is 2. The fourth-order valence-electron chi connectivity index (χ4n) is 2.97. The second-order valence-corrected chi connectivity index (χ2v) is 6.42. The van der Waals surface area contributed by atoms with Crippen LogP contribution in [0, 0.1) is 5.92 Å². The van der Waals surface area contributed by atoms with Crippen LogP contribution in [0.2, 0.25) is 0 Å².